The highest BCUT2D eigenvalue weighted by Gasteiger charge is 2.08. The fourth-order valence-electron chi connectivity index (χ4n) is 2.32. The summed E-state index contributed by atoms with van der Waals surface area (Å²) in [5.74, 6) is 0.531. The molecule has 20 heavy (non-hydrogen) atoms. The largest absolute Gasteiger partial charge is 0.313 e. The molecule has 0 aliphatic heterocycles. The van der Waals surface area contributed by atoms with E-state index in [1.165, 1.54) is 11.1 Å². The second kappa shape index (κ2) is 7.47. The van der Waals surface area contributed by atoms with Crippen LogP contribution in [0, 0.1) is 0 Å². The van der Waals surface area contributed by atoms with E-state index >= 15 is 0 Å². The molecule has 2 unspecified atom stereocenters. The van der Waals surface area contributed by atoms with Gasteiger partial charge in [-0.25, -0.2) is 0 Å². The highest BCUT2D eigenvalue weighted by Crippen LogP contribution is 2.14. The van der Waals surface area contributed by atoms with Crippen molar-refractivity contribution < 1.29 is 0 Å². The monoisotopic (exact) mass is 287 g/mol. The molecule has 0 aliphatic carbocycles. The van der Waals surface area contributed by atoms with Gasteiger partial charge in [0.1, 0.15) is 0 Å². The van der Waals surface area contributed by atoms with E-state index in [-0.39, 0.29) is 0 Å². The summed E-state index contributed by atoms with van der Waals surface area (Å²) in [7, 11) is 0. The van der Waals surface area contributed by atoms with Gasteiger partial charge < -0.3 is 5.32 Å². The first kappa shape index (κ1) is 15.1. The van der Waals surface area contributed by atoms with Crippen molar-refractivity contribution in [1.29, 1.82) is 0 Å². The quantitative estimate of drug-likeness (QED) is 0.814. The molecule has 2 atom stereocenters. The fourth-order valence-corrected chi connectivity index (χ4v) is 2.45. The third kappa shape index (κ3) is 4.66. The summed E-state index contributed by atoms with van der Waals surface area (Å²) < 4.78 is 0. The average molecular weight is 288 g/mol. The molecule has 0 saturated carbocycles. The van der Waals surface area contributed by atoms with E-state index in [4.69, 9.17) is 11.6 Å². The molecule has 0 saturated heterocycles. The molecule has 0 fully saturated rings. The Morgan fingerprint density at radius 3 is 2.25 bits per heavy atom. The fraction of sp³-hybridized carbons (Fsp3) is 0.333. The van der Waals surface area contributed by atoms with Gasteiger partial charge in [-0.15, -0.1) is 0 Å². The van der Waals surface area contributed by atoms with Crippen LogP contribution >= 0.6 is 11.6 Å². The molecular formula is C18H22ClN. The van der Waals surface area contributed by atoms with E-state index in [2.05, 4.69) is 61.6 Å². The van der Waals surface area contributed by atoms with Crippen molar-refractivity contribution in [3.05, 3.63) is 70.7 Å². The lowest BCUT2D eigenvalue weighted by Gasteiger charge is -2.18. The summed E-state index contributed by atoms with van der Waals surface area (Å²) in [5.41, 5.74) is 2.71. The topological polar surface area (TPSA) is 12.0 Å². The van der Waals surface area contributed by atoms with Gasteiger partial charge in [-0.2, -0.15) is 0 Å². The van der Waals surface area contributed by atoms with Crippen molar-refractivity contribution in [3.63, 3.8) is 0 Å². The predicted molar refractivity (Wildman–Crippen MR) is 87.5 cm³/mol. The van der Waals surface area contributed by atoms with Crippen LogP contribution in [0.25, 0.3) is 0 Å². The molecule has 0 amide bonds. The van der Waals surface area contributed by atoms with Gasteiger partial charge in [-0.05, 0) is 42.5 Å². The number of halogens is 1. The van der Waals surface area contributed by atoms with Gasteiger partial charge in [0.2, 0.25) is 0 Å². The highest BCUT2D eigenvalue weighted by molar-refractivity contribution is 6.30. The molecule has 106 valence electrons. The lowest BCUT2D eigenvalue weighted by molar-refractivity contribution is 0.516. The molecule has 0 aliphatic rings. The lowest BCUT2D eigenvalue weighted by atomic mass is 10.0. The van der Waals surface area contributed by atoms with Crippen molar-refractivity contribution in [2.45, 2.75) is 32.2 Å². The third-order valence-electron chi connectivity index (χ3n) is 3.60. The molecule has 0 aromatic heterocycles. The van der Waals surface area contributed by atoms with Crippen LogP contribution in [-0.2, 0) is 6.42 Å². The molecule has 0 spiro atoms. The Balaban J connectivity index is 1.80. The molecule has 2 aromatic rings. The third-order valence-corrected chi connectivity index (χ3v) is 3.85. The standard InChI is InChI=1S/C18H22ClN/c1-14(17-6-4-3-5-7-17)13-20-15(2)12-16-8-10-18(19)11-9-16/h3-11,14-15,20H,12-13H2,1-2H3. The maximum absolute atomic E-state index is 5.90. The smallest absolute Gasteiger partial charge is 0.0406 e. The Hall–Kier alpha value is -1.31. The maximum atomic E-state index is 5.90. The van der Waals surface area contributed by atoms with Crippen molar-refractivity contribution in [1.82, 2.24) is 5.32 Å². The van der Waals surface area contributed by atoms with E-state index in [0.717, 1.165) is 18.0 Å². The Labute approximate surface area is 127 Å². The minimum absolute atomic E-state index is 0.460. The van der Waals surface area contributed by atoms with Crippen LogP contribution in [0.15, 0.2) is 54.6 Å². The van der Waals surface area contributed by atoms with E-state index in [0.29, 0.717) is 12.0 Å². The van der Waals surface area contributed by atoms with Crippen molar-refractivity contribution in [3.8, 4) is 0 Å². The van der Waals surface area contributed by atoms with Crippen LogP contribution in [0.3, 0.4) is 0 Å². The van der Waals surface area contributed by atoms with Crippen LogP contribution in [0.2, 0.25) is 5.02 Å². The molecular weight excluding hydrogens is 266 g/mol. The summed E-state index contributed by atoms with van der Waals surface area (Å²) in [6, 6.07) is 19.2. The summed E-state index contributed by atoms with van der Waals surface area (Å²) in [4.78, 5) is 0. The van der Waals surface area contributed by atoms with E-state index in [9.17, 15) is 0 Å². The number of hydrogen-bond donors (Lipinski definition) is 1. The van der Waals surface area contributed by atoms with E-state index in [1.54, 1.807) is 0 Å². The van der Waals surface area contributed by atoms with E-state index in [1.807, 2.05) is 12.1 Å². The molecule has 2 rings (SSSR count). The molecule has 0 bridgehead atoms. The normalized spacial score (nSPS) is 13.9. The maximum Gasteiger partial charge on any atom is 0.0406 e. The molecule has 2 aromatic carbocycles. The second-order valence-electron chi connectivity index (χ2n) is 5.45. The number of rotatable bonds is 6. The first-order valence-electron chi connectivity index (χ1n) is 7.18. The SMILES string of the molecule is CC(Cc1ccc(Cl)cc1)NCC(C)c1ccccc1. The van der Waals surface area contributed by atoms with Gasteiger partial charge in [0.25, 0.3) is 0 Å². The zero-order valence-corrected chi connectivity index (χ0v) is 12.9. The van der Waals surface area contributed by atoms with Gasteiger partial charge in [0, 0.05) is 17.6 Å². The second-order valence-corrected chi connectivity index (χ2v) is 5.89. The van der Waals surface area contributed by atoms with Crippen LogP contribution in [-0.4, -0.2) is 12.6 Å². The number of benzene rings is 2. The van der Waals surface area contributed by atoms with Crippen LogP contribution < -0.4 is 5.32 Å². The molecule has 0 heterocycles. The molecule has 0 radical (unpaired) electrons. The predicted octanol–water partition coefficient (Wildman–Crippen LogP) is 4.66. The summed E-state index contributed by atoms with van der Waals surface area (Å²) >= 11 is 5.90. The molecule has 2 heteroatoms. The molecule has 1 N–H and O–H groups in total. The minimum atomic E-state index is 0.460. The van der Waals surface area contributed by atoms with Gasteiger partial charge in [-0.1, -0.05) is 61.0 Å². The Morgan fingerprint density at radius 2 is 1.60 bits per heavy atom. The summed E-state index contributed by atoms with van der Waals surface area (Å²) in [6.45, 7) is 5.49. The zero-order valence-electron chi connectivity index (χ0n) is 12.1. The Kier molecular flexibility index (Phi) is 5.63. The first-order valence-corrected chi connectivity index (χ1v) is 7.55. The lowest BCUT2D eigenvalue weighted by Crippen LogP contribution is -2.31. The number of hydrogen-bond acceptors (Lipinski definition) is 1. The van der Waals surface area contributed by atoms with Gasteiger partial charge in [-0.3, -0.25) is 0 Å². The van der Waals surface area contributed by atoms with Crippen LogP contribution in [0.4, 0.5) is 0 Å². The van der Waals surface area contributed by atoms with Crippen molar-refractivity contribution in [2.75, 3.05) is 6.54 Å². The van der Waals surface area contributed by atoms with Gasteiger partial charge >= 0.3 is 0 Å². The first-order chi connectivity index (χ1) is 9.65. The zero-order chi connectivity index (χ0) is 14.4. The average Bonchev–Trinajstić information content (AvgIpc) is 2.48. The van der Waals surface area contributed by atoms with Crippen molar-refractivity contribution in [2.24, 2.45) is 0 Å². The van der Waals surface area contributed by atoms with Gasteiger partial charge in [0.05, 0.1) is 0 Å². The Bertz CT molecular complexity index is 507. The van der Waals surface area contributed by atoms with E-state index < -0.39 is 0 Å². The molecule has 1 nitrogen and oxygen atoms in total. The Morgan fingerprint density at radius 1 is 0.950 bits per heavy atom. The summed E-state index contributed by atoms with van der Waals surface area (Å²) in [6.07, 6.45) is 1.03. The van der Waals surface area contributed by atoms with Crippen LogP contribution in [0.5, 0.6) is 0 Å². The van der Waals surface area contributed by atoms with Crippen molar-refractivity contribution >= 4 is 11.6 Å². The minimum Gasteiger partial charge on any atom is -0.313 e. The van der Waals surface area contributed by atoms with Crippen LogP contribution in [0.1, 0.15) is 30.9 Å². The summed E-state index contributed by atoms with van der Waals surface area (Å²) in [5, 5.41) is 4.41. The van der Waals surface area contributed by atoms with Gasteiger partial charge in [0.15, 0.2) is 0 Å². The number of nitrogens with one attached hydrogen (secondary N) is 1. The highest BCUT2D eigenvalue weighted by atomic mass is 35.5.